The van der Waals surface area contributed by atoms with E-state index in [0.717, 1.165) is 19.3 Å². The first-order valence-corrected chi connectivity index (χ1v) is 5.07. The van der Waals surface area contributed by atoms with E-state index in [9.17, 15) is 9.50 Å². The molecule has 13 heavy (non-hydrogen) atoms. The summed E-state index contributed by atoms with van der Waals surface area (Å²) in [6.45, 7) is 3.97. The van der Waals surface area contributed by atoms with Crippen LogP contribution >= 0.6 is 0 Å². The number of aliphatic hydroxyl groups is 1. The van der Waals surface area contributed by atoms with Gasteiger partial charge in [-0.1, -0.05) is 0 Å². The van der Waals surface area contributed by atoms with Gasteiger partial charge >= 0.3 is 0 Å². The van der Waals surface area contributed by atoms with Gasteiger partial charge in [-0.3, -0.25) is 0 Å². The van der Waals surface area contributed by atoms with E-state index < -0.39 is 17.8 Å². The molecule has 0 aromatic heterocycles. The van der Waals surface area contributed by atoms with E-state index in [1.807, 2.05) is 6.92 Å². The van der Waals surface area contributed by atoms with E-state index in [1.54, 1.807) is 0 Å². The average Bonchev–Trinajstić information content (AvgIpc) is 1.99. The van der Waals surface area contributed by atoms with Crippen LogP contribution in [0.25, 0.3) is 0 Å². The molecule has 2 bridgehead atoms. The van der Waals surface area contributed by atoms with Crippen molar-refractivity contribution in [1.29, 1.82) is 0 Å². The minimum atomic E-state index is -1.11. The highest BCUT2D eigenvalue weighted by atomic mass is 19.1. The van der Waals surface area contributed by atoms with Crippen LogP contribution in [-0.4, -0.2) is 28.5 Å². The Morgan fingerprint density at radius 2 is 2.08 bits per heavy atom. The van der Waals surface area contributed by atoms with Gasteiger partial charge in [0.2, 0.25) is 0 Å². The highest BCUT2D eigenvalue weighted by molar-refractivity contribution is 5.09. The predicted molar refractivity (Wildman–Crippen MR) is 49.3 cm³/mol. The molecule has 0 amide bonds. The molecule has 2 aliphatic rings. The van der Waals surface area contributed by atoms with Gasteiger partial charge in [-0.25, -0.2) is 4.39 Å². The molecule has 2 N–H and O–H groups in total. The number of hydrogen-bond acceptors (Lipinski definition) is 2. The monoisotopic (exact) mass is 187 g/mol. The summed E-state index contributed by atoms with van der Waals surface area (Å²) in [4.78, 5) is 0. The summed E-state index contributed by atoms with van der Waals surface area (Å²) in [5, 5.41) is 12.9. The second-order valence-corrected chi connectivity index (χ2v) is 5.13. The minimum absolute atomic E-state index is 0.0466. The number of hydrogen-bond donors (Lipinski definition) is 2. The summed E-state index contributed by atoms with van der Waals surface area (Å²) in [5.74, 6) is 0. The molecule has 0 aromatic rings. The second kappa shape index (κ2) is 2.67. The average molecular weight is 187 g/mol. The summed E-state index contributed by atoms with van der Waals surface area (Å²) >= 11 is 0. The van der Waals surface area contributed by atoms with Crippen molar-refractivity contribution in [2.24, 2.45) is 0 Å². The van der Waals surface area contributed by atoms with E-state index in [1.165, 1.54) is 0 Å². The van der Waals surface area contributed by atoms with Crippen molar-refractivity contribution in [3.63, 3.8) is 0 Å². The largest absolute Gasteiger partial charge is 0.390 e. The van der Waals surface area contributed by atoms with E-state index in [4.69, 9.17) is 0 Å². The molecular formula is C10H18FNO. The van der Waals surface area contributed by atoms with Gasteiger partial charge < -0.3 is 10.4 Å². The molecule has 2 fully saturated rings. The third kappa shape index (κ3) is 1.38. The van der Waals surface area contributed by atoms with Crippen LogP contribution in [0.2, 0.25) is 0 Å². The van der Waals surface area contributed by atoms with Crippen LogP contribution in [0.3, 0.4) is 0 Å². The summed E-state index contributed by atoms with van der Waals surface area (Å²) < 4.78 is 13.7. The normalized spacial score (nSPS) is 56.3. The molecule has 2 aliphatic heterocycles. The SMILES string of the molecule is C[C@]12CCC[C@](C)(N1)[C@H](F)[C@H](O)C2. The number of fused-ring (bicyclic) bond motifs is 2. The number of alkyl halides is 1. The molecule has 0 spiro atoms. The summed E-state index contributed by atoms with van der Waals surface area (Å²) in [6.07, 6.45) is 1.60. The van der Waals surface area contributed by atoms with E-state index in [2.05, 4.69) is 12.2 Å². The van der Waals surface area contributed by atoms with Gasteiger partial charge in [0.05, 0.1) is 6.10 Å². The molecular weight excluding hydrogens is 169 g/mol. The first-order valence-electron chi connectivity index (χ1n) is 5.07. The Kier molecular flexibility index (Phi) is 1.93. The van der Waals surface area contributed by atoms with Crippen molar-refractivity contribution in [3.05, 3.63) is 0 Å². The number of rotatable bonds is 0. The molecule has 0 radical (unpaired) electrons. The Hall–Kier alpha value is -0.150. The van der Waals surface area contributed by atoms with Crippen LogP contribution in [0, 0.1) is 0 Å². The van der Waals surface area contributed by atoms with Crippen molar-refractivity contribution in [2.75, 3.05) is 0 Å². The van der Waals surface area contributed by atoms with Crippen molar-refractivity contribution >= 4 is 0 Å². The number of aliphatic hydroxyl groups excluding tert-OH is 1. The van der Waals surface area contributed by atoms with Gasteiger partial charge in [0.25, 0.3) is 0 Å². The quantitative estimate of drug-likeness (QED) is 0.600. The van der Waals surface area contributed by atoms with Gasteiger partial charge in [-0.15, -0.1) is 0 Å². The second-order valence-electron chi connectivity index (χ2n) is 5.13. The number of piperidine rings is 2. The zero-order valence-corrected chi connectivity index (χ0v) is 8.31. The lowest BCUT2D eigenvalue weighted by Crippen LogP contribution is -2.70. The first kappa shape index (κ1) is 9.41. The molecule has 2 nitrogen and oxygen atoms in total. The number of nitrogens with one attached hydrogen (secondary N) is 1. The van der Waals surface area contributed by atoms with Crippen LogP contribution in [0.1, 0.15) is 39.5 Å². The fourth-order valence-electron chi connectivity index (χ4n) is 3.01. The number of halogens is 1. The Morgan fingerprint density at radius 1 is 1.38 bits per heavy atom. The van der Waals surface area contributed by atoms with Crippen LogP contribution in [0.5, 0.6) is 0 Å². The Morgan fingerprint density at radius 3 is 2.77 bits per heavy atom. The highest BCUT2D eigenvalue weighted by Crippen LogP contribution is 2.41. The zero-order chi connectivity index (χ0) is 9.69. The lowest BCUT2D eigenvalue weighted by atomic mass is 9.69. The minimum Gasteiger partial charge on any atom is -0.390 e. The smallest absolute Gasteiger partial charge is 0.144 e. The van der Waals surface area contributed by atoms with Crippen LogP contribution in [0.15, 0.2) is 0 Å². The maximum Gasteiger partial charge on any atom is 0.144 e. The third-order valence-electron chi connectivity index (χ3n) is 3.62. The molecule has 4 atom stereocenters. The van der Waals surface area contributed by atoms with E-state index in [-0.39, 0.29) is 5.54 Å². The van der Waals surface area contributed by atoms with Crippen LogP contribution < -0.4 is 5.32 Å². The standard InChI is InChI=1S/C10H18FNO/c1-9-4-3-5-10(2,12-9)8(11)7(13)6-9/h7-8,12-13H,3-6H2,1-2H3/t7-,8-,9-,10+/m1/s1. The molecule has 2 saturated heterocycles. The van der Waals surface area contributed by atoms with Gasteiger partial charge in [0.1, 0.15) is 6.17 Å². The third-order valence-corrected chi connectivity index (χ3v) is 3.62. The van der Waals surface area contributed by atoms with Crippen LogP contribution in [-0.2, 0) is 0 Å². The molecule has 2 heterocycles. The molecule has 2 rings (SSSR count). The summed E-state index contributed by atoms with van der Waals surface area (Å²) in [7, 11) is 0. The van der Waals surface area contributed by atoms with Gasteiger partial charge in [-0.2, -0.15) is 0 Å². The fourth-order valence-corrected chi connectivity index (χ4v) is 3.01. The highest BCUT2D eigenvalue weighted by Gasteiger charge is 2.51. The van der Waals surface area contributed by atoms with Crippen molar-refractivity contribution in [1.82, 2.24) is 5.32 Å². The maximum atomic E-state index is 13.7. The van der Waals surface area contributed by atoms with Gasteiger partial charge in [0.15, 0.2) is 0 Å². The summed E-state index contributed by atoms with van der Waals surface area (Å²) in [6, 6.07) is 0. The molecule has 3 heteroatoms. The lowest BCUT2D eigenvalue weighted by Gasteiger charge is -2.54. The Balaban J connectivity index is 2.26. The predicted octanol–water partition coefficient (Wildman–Crippen LogP) is 1.38. The van der Waals surface area contributed by atoms with Crippen molar-refractivity contribution in [3.8, 4) is 0 Å². The van der Waals surface area contributed by atoms with Crippen LogP contribution in [0.4, 0.5) is 4.39 Å². The maximum absolute atomic E-state index is 13.7. The Bertz CT molecular complexity index is 223. The first-order chi connectivity index (χ1) is 5.95. The molecule has 0 aromatic carbocycles. The van der Waals surface area contributed by atoms with E-state index >= 15 is 0 Å². The van der Waals surface area contributed by atoms with Gasteiger partial charge in [0, 0.05) is 11.1 Å². The van der Waals surface area contributed by atoms with E-state index in [0.29, 0.717) is 6.42 Å². The molecule has 0 unspecified atom stereocenters. The summed E-state index contributed by atoms with van der Waals surface area (Å²) in [5.41, 5.74) is -0.542. The Labute approximate surface area is 78.5 Å². The topological polar surface area (TPSA) is 32.3 Å². The lowest BCUT2D eigenvalue weighted by molar-refractivity contribution is -0.0721. The molecule has 0 saturated carbocycles. The zero-order valence-electron chi connectivity index (χ0n) is 8.31. The fraction of sp³-hybridized carbons (Fsp3) is 1.00. The van der Waals surface area contributed by atoms with Gasteiger partial charge in [-0.05, 0) is 39.5 Å². The van der Waals surface area contributed by atoms with Crippen molar-refractivity contribution < 1.29 is 9.50 Å². The molecule has 76 valence electrons. The molecule has 0 aliphatic carbocycles. The van der Waals surface area contributed by atoms with Crippen molar-refractivity contribution in [2.45, 2.75) is 62.9 Å².